The molecule has 1 aromatic carbocycles. The number of carbonyl (C=O) groups excluding carboxylic acids is 1. The van der Waals surface area contributed by atoms with Gasteiger partial charge in [-0.05, 0) is 32.3 Å². The van der Waals surface area contributed by atoms with E-state index in [1.807, 2.05) is 33.8 Å². The summed E-state index contributed by atoms with van der Waals surface area (Å²) in [5, 5.41) is -0.755. The van der Waals surface area contributed by atoms with Gasteiger partial charge in [0.05, 0.1) is 5.75 Å². The van der Waals surface area contributed by atoms with Crippen LogP contribution in [0.1, 0.15) is 46.1 Å². The van der Waals surface area contributed by atoms with Gasteiger partial charge in [-0.15, -0.1) is 0 Å². The molecule has 0 aliphatic heterocycles. The molecule has 0 heterocycles. The number of hydrogen-bond donors (Lipinski definition) is 0. The van der Waals surface area contributed by atoms with Gasteiger partial charge in [0, 0.05) is 12.1 Å². The summed E-state index contributed by atoms with van der Waals surface area (Å²) < 4.78 is 24.8. The van der Waals surface area contributed by atoms with E-state index in [2.05, 4.69) is 0 Å². The van der Waals surface area contributed by atoms with Crippen LogP contribution in [-0.2, 0) is 15.6 Å². The van der Waals surface area contributed by atoms with Crippen molar-refractivity contribution in [2.45, 2.75) is 58.4 Å². The lowest BCUT2D eigenvalue weighted by atomic mass is 10.1. The van der Waals surface area contributed by atoms with E-state index in [0.29, 0.717) is 5.56 Å². The Morgan fingerprint density at radius 3 is 1.95 bits per heavy atom. The molecule has 0 saturated heterocycles. The van der Waals surface area contributed by atoms with Gasteiger partial charge in [0.2, 0.25) is 9.84 Å². The van der Waals surface area contributed by atoms with Gasteiger partial charge >= 0.3 is 5.24 Å². The number of sulfone groups is 1. The Morgan fingerprint density at radius 1 is 1.05 bits per heavy atom. The molecule has 2 unspecified atom stereocenters. The average molecular weight is 311 g/mol. The predicted molar refractivity (Wildman–Crippen MR) is 85.8 cm³/mol. The summed E-state index contributed by atoms with van der Waals surface area (Å²) in [5.74, 6) is -0.240. The van der Waals surface area contributed by atoms with Gasteiger partial charge in [-0.25, -0.2) is 8.42 Å². The standard InChI is InChI=1S/C16H25NO3S/c1-5-13(3)17(14(4)6-2)16(18)21(19,20)12-15-10-8-7-9-11-15/h7-11,13-14H,5-6,12H2,1-4H3. The van der Waals surface area contributed by atoms with Gasteiger partial charge in [-0.1, -0.05) is 44.2 Å². The molecule has 1 aromatic rings. The number of benzene rings is 1. The first kappa shape index (κ1) is 17.7. The molecule has 0 aromatic heterocycles. The molecule has 5 heteroatoms. The third kappa shape index (κ3) is 4.56. The van der Waals surface area contributed by atoms with Crippen LogP contribution < -0.4 is 0 Å². The molecule has 4 nitrogen and oxygen atoms in total. The van der Waals surface area contributed by atoms with Crippen molar-refractivity contribution in [2.75, 3.05) is 0 Å². The minimum atomic E-state index is -3.84. The first-order chi connectivity index (χ1) is 9.83. The molecule has 21 heavy (non-hydrogen) atoms. The first-order valence-electron chi connectivity index (χ1n) is 7.42. The van der Waals surface area contributed by atoms with Crippen LogP contribution in [0.15, 0.2) is 30.3 Å². The van der Waals surface area contributed by atoms with Crippen molar-refractivity contribution in [3.63, 3.8) is 0 Å². The molecule has 0 aliphatic carbocycles. The molecule has 0 bridgehead atoms. The van der Waals surface area contributed by atoms with Gasteiger partial charge in [0.1, 0.15) is 0 Å². The number of amides is 1. The number of rotatable bonds is 6. The van der Waals surface area contributed by atoms with Crippen LogP contribution in [0.4, 0.5) is 4.79 Å². The van der Waals surface area contributed by atoms with Crippen molar-refractivity contribution >= 4 is 15.1 Å². The van der Waals surface area contributed by atoms with Crippen LogP contribution in [0, 0.1) is 0 Å². The summed E-state index contributed by atoms with van der Waals surface area (Å²) >= 11 is 0. The zero-order valence-corrected chi connectivity index (χ0v) is 14.1. The Kier molecular flexibility index (Phi) is 6.40. The number of hydrogen-bond acceptors (Lipinski definition) is 3. The molecular weight excluding hydrogens is 286 g/mol. The normalized spacial score (nSPS) is 14.5. The van der Waals surface area contributed by atoms with Gasteiger partial charge in [-0.2, -0.15) is 0 Å². The molecule has 0 saturated carbocycles. The predicted octanol–water partition coefficient (Wildman–Crippen LogP) is 3.62. The topological polar surface area (TPSA) is 54.5 Å². The van der Waals surface area contributed by atoms with Crippen molar-refractivity contribution in [2.24, 2.45) is 0 Å². The van der Waals surface area contributed by atoms with Crippen molar-refractivity contribution in [1.82, 2.24) is 4.90 Å². The minimum Gasteiger partial charge on any atom is -0.324 e. The summed E-state index contributed by atoms with van der Waals surface area (Å²) in [7, 11) is -3.84. The fourth-order valence-corrected chi connectivity index (χ4v) is 3.64. The molecule has 118 valence electrons. The first-order valence-corrected chi connectivity index (χ1v) is 9.07. The highest BCUT2D eigenvalue weighted by Gasteiger charge is 2.33. The Morgan fingerprint density at radius 2 is 1.52 bits per heavy atom. The third-order valence-electron chi connectivity index (χ3n) is 3.81. The average Bonchev–Trinajstić information content (AvgIpc) is 2.47. The van der Waals surface area contributed by atoms with E-state index in [9.17, 15) is 13.2 Å². The van der Waals surface area contributed by atoms with E-state index in [4.69, 9.17) is 0 Å². The summed E-state index contributed by atoms with van der Waals surface area (Å²) in [6.07, 6.45) is 1.47. The highest BCUT2D eigenvalue weighted by atomic mass is 32.2. The number of nitrogens with zero attached hydrogens (tertiary/aromatic N) is 1. The lowest BCUT2D eigenvalue weighted by Gasteiger charge is -2.33. The molecule has 0 aliphatic rings. The van der Waals surface area contributed by atoms with Crippen molar-refractivity contribution < 1.29 is 13.2 Å². The SMILES string of the molecule is CCC(C)N(C(=O)S(=O)(=O)Cc1ccccc1)C(C)CC. The second kappa shape index (κ2) is 7.59. The Hall–Kier alpha value is -1.36. The van der Waals surface area contributed by atoms with E-state index >= 15 is 0 Å². The van der Waals surface area contributed by atoms with Gasteiger partial charge in [0.15, 0.2) is 0 Å². The molecule has 1 amide bonds. The van der Waals surface area contributed by atoms with Crippen LogP contribution in [0.25, 0.3) is 0 Å². The minimum absolute atomic E-state index is 0.0852. The number of carbonyl (C=O) groups is 1. The van der Waals surface area contributed by atoms with E-state index in [1.54, 1.807) is 24.3 Å². The van der Waals surface area contributed by atoms with E-state index in [1.165, 1.54) is 4.90 Å². The van der Waals surface area contributed by atoms with Crippen LogP contribution in [0.5, 0.6) is 0 Å². The molecule has 0 spiro atoms. The van der Waals surface area contributed by atoms with E-state index in [0.717, 1.165) is 12.8 Å². The fraction of sp³-hybridized carbons (Fsp3) is 0.562. The van der Waals surface area contributed by atoms with Gasteiger partial charge in [0.25, 0.3) is 0 Å². The maximum absolute atomic E-state index is 12.5. The van der Waals surface area contributed by atoms with Gasteiger partial charge in [-0.3, -0.25) is 4.79 Å². The Bertz CT molecular complexity index is 544. The monoisotopic (exact) mass is 311 g/mol. The lowest BCUT2D eigenvalue weighted by molar-refractivity contribution is 0.171. The smallest absolute Gasteiger partial charge is 0.324 e. The quantitative estimate of drug-likeness (QED) is 0.806. The largest absolute Gasteiger partial charge is 0.339 e. The van der Waals surface area contributed by atoms with E-state index in [-0.39, 0.29) is 17.8 Å². The molecule has 1 rings (SSSR count). The van der Waals surface area contributed by atoms with Crippen LogP contribution in [0.2, 0.25) is 0 Å². The van der Waals surface area contributed by atoms with Crippen molar-refractivity contribution in [3.05, 3.63) is 35.9 Å². The Labute approximate surface area is 128 Å². The van der Waals surface area contributed by atoms with Crippen LogP contribution in [0.3, 0.4) is 0 Å². The highest BCUT2D eigenvalue weighted by Crippen LogP contribution is 2.18. The zero-order chi connectivity index (χ0) is 16.0. The fourth-order valence-electron chi connectivity index (χ4n) is 2.20. The van der Waals surface area contributed by atoms with Crippen molar-refractivity contribution in [1.29, 1.82) is 0 Å². The maximum atomic E-state index is 12.5. The van der Waals surface area contributed by atoms with E-state index < -0.39 is 15.1 Å². The molecule has 0 N–H and O–H groups in total. The van der Waals surface area contributed by atoms with Crippen LogP contribution in [-0.4, -0.2) is 30.6 Å². The molecule has 2 atom stereocenters. The lowest BCUT2D eigenvalue weighted by Crippen LogP contribution is -2.46. The summed E-state index contributed by atoms with van der Waals surface area (Å²) in [6.45, 7) is 7.69. The van der Waals surface area contributed by atoms with Gasteiger partial charge < -0.3 is 4.90 Å². The Balaban J connectivity index is 3.01. The summed E-state index contributed by atoms with van der Waals surface area (Å²) in [6, 6.07) is 8.65. The second-order valence-electron chi connectivity index (χ2n) is 5.43. The van der Waals surface area contributed by atoms with Crippen LogP contribution >= 0.6 is 0 Å². The molecular formula is C16H25NO3S. The molecule has 0 fully saturated rings. The second-order valence-corrected chi connectivity index (χ2v) is 7.30. The third-order valence-corrected chi connectivity index (χ3v) is 5.26. The highest BCUT2D eigenvalue weighted by molar-refractivity contribution is 8.05. The maximum Gasteiger partial charge on any atom is 0.339 e. The summed E-state index contributed by atoms with van der Waals surface area (Å²) in [5.41, 5.74) is 0.638. The van der Waals surface area contributed by atoms with Crippen molar-refractivity contribution in [3.8, 4) is 0 Å². The zero-order valence-electron chi connectivity index (χ0n) is 13.2. The molecule has 0 radical (unpaired) electrons. The summed E-state index contributed by atoms with van der Waals surface area (Å²) in [4.78, 5) is 14.0.